The van der Waals surface area contributed by atoms with Gasteiger partial charge in [0.05, 0.1) is 5.52 Å². The van der Waals surface area contributed by atoms with E-state index in [-0.39, 0.29) is 0 Å². The van der Waals surface area contributed by atoms with Crippen LogP contribution in [0.25, 0.3) is 16.8 Å². The van der Waals surface area contributed by atoms with Crippen LogP contribution in [0.1, 0.15) is 41.5 Å². The third kappa shape index (κ3) is 2.73. The molecule has 3 aromatic rings. The summed E-state index contributed by atoms with van der Waals surface area (Å²) in [5.74, 6) is 0. The lowest BCUT2D eigenvalue weighted by Crippen LogP contribution is -2.58. The molecule has 0 aliphatic carbocycles. The second-order valence-corrected chi connectivity index (χ2v) is 13.8. The lowest BCUT2D eigenvalue weighted by Gasteiger charge is -2.43. The summed E-state index contributed by atoms with van der Waals surface area (Å²) in [6.07, 6.45) is 0. The Balaban J connectivity index is 2.29. The highest BCUT2D eigenvalue weighted by molar-refractivity contribution is 6.94. The molecule has 0 atom stereocenters. The highest BCUT2D eigenvalue weighted by Gasteiger charge is 2.46. The molecule has 0 saturated carbocycles. The van der Waals surface area contributed by atoms with E-state index in [2.05, 4.69) is 98.8 Å². The molecule has 0 aliphatic heterocycles. The van der Waals surface area contributed by atoms with E-state index in [0.717, 1.165) is 16.8 Å². The van der Waals surface area contributed by atoms with Crippen molar-refractivity contribution in [1.82, 2.24) is 14.8 Å². The number of hydrogen-bond donors (Lipinski definition) is 0. The summed E-state index contributed by atoms with van der Waals surface area (Å²) in [6.45, 7) is 14.3. The van der Waals surface area contributed by atoms with Gasteiger partial charge in [0.15, 0.2) is 0 Å². The van der Waals surface area contributed by atoms with Crippen LogP contribution in [0.2, 0.25) is 16.6 Å². The Morgan fingerprint density at radius 2 is 1.36 bits per heavy atom. The summed E-state index contributed by atoms with van der Waals surface area (Å²) in [6, 6.07) is 17.0. The molecule has 3 rings (SSSR count). The van der Waals surface area contributed by atoms with E-state index in [1.807, 2.05) is 6.07 Å². The van der Waals surface area contributed by atoms with Gasteiger partial charge >= 0.3 is 0 Å². The van der Waals surface area contributed by atoms with Crippen molar-refractivity contribution in [2.45, 2.75) is 58.2 Å². The fourth-order valence-corrected chi connectivity index (χ4v) is 11.6. The van der Waals surface area contributed by atoms with Crippen LogP contribution in [-0.4, -0.2) is 22.9 Å². The molecular formula is C21H29N3Si. The first-order valence-corrected chi connectivity index (χ1v) is 11.5. The van der Waals surface area contributed by atoms with Crippen LogP contribution in [0, 0.1) is 0 Å². The number of hydrogen-bond acceptors (Lipinski definition) is 2. The molecule has 4 heteroatoms. The quantitative estimate of drug-likeness (QED) is 0.585. The zero-order valence-electron chi connectivity index (χ0n) is 16.2. The van der Waals surface area contributed by atoms with Crippen molar-refractivity contribution in [3.05, 3.63) is 48.5 Å². The predicted octanol–water partition coefficient (Wildman–Crippen LogP) is 5.28. The smallest absolute Gasteiger partial charge is 0.120 e. The van der Waals surface area contributed by atoms with Gasteiger partial charge in [-0.25, -0.2) is 4.52 Å². The van der Waals surface area contributed by atoms with Crippen LogP contribution in [0.3, 0.4) is 0 Å². The third-order valence-electron chi connectivity index (χ3n) is 5.80. The van der Waals surface area contributed by atoms with Gasteiger partial charge in [0, 0.05) is 10.9 Å². The molecule has 0 saturated heterocycles. The first kappa shape index (κ1) is 17.9. The van der Waals surface area contributed by atoms with Crippen LogP contribution in [-0.2, 0) is 0 Å². The molecule has 2 heterocycles. The molecular weight excluding hydrogens is 322 g/mol. The fraction of sp³-hybridized carbons (Fsp3) is 0.429. The number of aromatic nitrogens is 3. The van der Waals surface area contributed by atoms with Crippen molar-refractivity contribution in [3.8, 4) is 11.3 Å². The Labute approximate surface area is 152 Å². The minimum absolute atomic E-state index is 0.641. The van der Waals surface area contributed by atoms with Crippen molar-refractivity contribution >= 4 is 18.9 Å². The maximum absolute atomic E-state index is 4.61. The van der Waals surface area contributed by atoms with Gasteiger partial charge in [-0.15, -0.1) is 5.10 Å². The van der Waals surface area contributed by atoms with E-state index in [4.69, 9.17) is 0 Å². The third-order valence-corrected chi connectivity index (χ3v) is 12.8. The van der Waals surface area contributed by atoms with Gasteiger partial charge in [-0.2, -0.15) is 0 Å². The summed E-state index contributed by atoms with van der Waals surface area (Å²) in [4.78, 5) is 0. The number of pyridine rings is 1. The topological polar surface area (TPSA) is 30.2 Å². The van der Waals surface area contributed by atoms with Gasteiger partial charge in [-0.1, -0.05) is 83.2 Å². The highest BCUT2D eigenvalue weighted by Crippen LogP contribution is 2.41. The Kier molecular flexibility index (Phi) is 4.83. The van der Waals surface area contributed by atoms with Crippen molar-refractivity contribution in [3.63, 3.8) is 0 Å². The monoisotopic (exact) mass is 351 g/mol. The first-order valence-electron chi connectivity index (χ1n) is 9.31. The molecule has 132 valence electrons. The zero-order chi connectivity index (χ0) is 18.2. The van der Waals surface area contributed by atoms with E-state index >= 15 is 0 Å². The fourth-order valence-electron chi connectivity index (χ4n) is 4.93. The van der Waals surface area contributed by atoms with Crippen LogP contribution in [0.4, 0.5) is 0 Å². The molecule has 0 spiro atoms. The maximum Gasteiger partial charge on any atom is 0.120 e. The van der Waals surface area contributed by atoms with Crippen LogP contribution >= 0.6 is 0 Å². The average Bonchev–Trinajstić information content (AvgIpc) is 3.00. The average molecular weight is 352 g/mol. The molecule has 0 unspecified atom stereocenters. The van der Waals surface area contributed by atoms with Gasteiger partial charge < -0.3 is 0 Å². The van der Waals surface area contributed by atoms with Crippen LogP contribution < -0.4 is 5.32 Å². The van der Waals surface area contributed by atoms with Crippen molar-refractivity contribution in [2.75, 3.05) is 0 Å². The van der Waals surface area contributed by atoms with Gasteiger partial charge in [0.1, 0.15) is 13.8 Å². The number of nitrogens with zero attached hydrogens (tertiary/aromatic N) is 3. The molecule has 0 bridgehead atoms. The molecule has 0 aliphatic rings. The molecule has 3 nitrogen and oxygen atoms in total. The summed E-state index contributed by atoms with van der Waals surface area (Å²) in [7, 11) is -1.80. The summed E-state index contributed by atoms with van der Waals surface area (Å²) < 4.78 is 2.13. The van der Waals surface area contributed by atoms with Crippen LogP contribution in [0.5, 0.6) is 0 Å². The molecule has 0 radical (unpaired) electrons. The Bertz CT molecular complexity index is 828. The Morgan fingerprint density at radius 3 is 1.92 bits per heavy atom. The van der Waals surface area contributed by atoms with E-state index in [1.54, 1.807) is 0 Å². The lowest BCUT2D eigenvalue weighted by molar-refractivity contribution is 0.807. The molecule has 2 aromatic heterocycles. The van der Waals surface area contributed by atoms with Crippen molar-refractivity contribution < 1.29 is 0 Å². The largest absolute Gasteiger partial charge is 0.221 e. The Hall–Kier alpha value is -1.94. The number of benzene rings is 1. The van der Waals surface area contributed by atoms with Crippen molar-refractivity contribution in [1.29, 1.82) is 0 Å². The van der Waals surface area contributed by atoms with E-state index in [0.29, 0.717) is 16.6 Å². The molecule has 0 N–H and O–H groups in total. The van der Waals surface area contributed by atoms with Gasteiger partial charge in [0.2, 0.25) is 0 Å². The Morgan fingerprint density at radius 1 is 0.760 bits per heavy atom. The predicted molar refractivity (Wildman–Crippen MR) is 109 cm³/mol. The normalized spacial score (nSPS) is 12.7. The summed E-state index contributed by atoms with van der Waals surface area (Å²) in [5.41, 5.74) is 5.14. The van der Waals surface area contributed by atoms with Gasteiger partial charge in [0.25, 0.3) is 0 Å². The van der Waals surface area contributed by atoms with Gasteiger partial charge in [-0.05, 0) is 28.8 Å². The number of rotatable bonds is 5. The molecule has 0 fully saturated rings. The minimum Gasteiger partial charge on any atom is -0.221 e. The SMILES string of the molecule is CC(C)[Si](c1cccc2c(-c3ccccc3)nnn12)(C(C)C)C(C)C. The molecule has 0 amide bonds. The second kappa shape index (κ2) is 6.75. The molecule has 1 aromatic carbocycles. The minimum atomic E-state index is -1.80. The van der Waals surface area contributed by atoms with Crippen molar-refractivity contribution in [2.24, 2.45) is 0 Å². The van der Waals surface area contributed by atoms with E-state index in [1.165, 1.54) is 5.32 Å². The lowest BCUT2D eigenvalue weighted by atomic mass is 10.1. The molecule has 25 heavy (non-hydrogen) atoms. The number of fused-ring (bicyclic) bond motifs is 1. The first-order chi connectivity index (χ1) is 11.9. The standard InChI is InChI=1S/C21H29N3Si/c1-15(2)25(16(3)4,17(5)6)20-14-10-13-19-21(22-23-24(19)20)18-11-8-7-9-12-18/h7-17H,1-6H3. The van der Waals surface area contributed by atoms with Crippen LogP contribution in [0.15, 0.2) is 48.5 Å². The van der Waals surface area contributed by atoms with Gasteiger partial charge in [-0.3, -0.25) is 0 Å². The zero-order valence-corrected chi connectivity index (χ0v) is 17.2. The van der Waals surface area contributed by atoms with E-state index in [9.17, 15) is 0 Å². The second-order valence-electron chi connectivity index (χ2n) is 7.91. The highest BCUT2D eigenvalue weighted by atomic mass is 28.3. The summed E-state index contributed by atoms with van der Waals surface area (Å²) >= 11 is 0. The van der Waals surface area contributed by atoms with E-state index < -0.39 is 8.07 Å². The summed E-state index contributed by atoms with van der Waals surface area (Å²) in [5, 5.41) is 10.6. The maximum atomic E-state index is 4.61.